The van der Waals surface area contributed by atoms with E-state index < -0.39 is 41.5 Å². The molecule has 0 aliphatic heterocycles. The van der Waals surface area contributed by atoms with Gasteiger partial charge in [0.05, 0.1) is 39.4 Å². The van der Waals surface area contributed by atoms with Gasteiger partial charge in [0.15, 0.2) is 5.78 Å². The summed E-state index contributed by atoms with van der Waals surface area (Å²) < 4.78 is 78.7. The summed E-state index contributed by atoms with van der Waals surface area (Å²) in [6.45, 7) is 0. The molecule has 0 unspecified atom stereocenters. The second kappa shape index (κ2) is 11.1. The Kier molecular flexibility index (Phi) is 8.95. The molecule has 15 heteroatoms. The molecule has 0 atom stereocenters. The van der Waals surface area contributed by atoms with Crippen LogP contribution in [0, 0.1) is 0 Å². The molecule has 0 saturated carbocycles. The molecular formula is C24H16N2Na2O9S2. The summed E-state index contributed by atoms with van der Waals surface area (Å²) in [7, 11) is -8.04. The Hall–Kier alpha value is -2.04. The minimum absolute atomic E-state index is 0. The molecule has 11 nitrogen and oxygen atoms in total. The molecule has 4 aromatic rings. The van der Waals surface area contributed by atoms with Crippen LogP contribution in [0.1, 0.15) is 15.9 Å². The van der Waals surface area contributed by atoms with Crippen molar-refractivity contribution in [2.45, 2.75) is 9.79 Å². The molecule has 39 heavy (non-hydrogen) atoms. The smallest absolute Gasteiger partial charge is 0.744 e. The third-order valence-electron chi connectivity index (χ3n) is 6.17. The van der Waals surface area contributed by atoms with E-state index in [1.54, 1.807) is 24.3 Å². The Morgan fingerprint density at radius 2 is 1.38 bits per heavy atom. The number of methoxy groups -OCH3 is 1. The van der Waals surface area contributed by atoms with Crippen LogP contribution in [0.4, 0.5) is 11.4 Å². The van der Waals surface area contributed by atoms with Crippen LogP contribution < -0.4 is 74.7 Å². The summed E-state index contributed by atoms with van der Waals surface area (Å²) in [5.41, 5.74) is 0.348. The topological polar surface area (TPSA) is 175 Å². The molecule has 0 radical (unpaired) electrons. The van der Waals surface area contributed by atoms with Gasteiger partial charge in [0.1, 0.15) is 26.0 Å². The number of rotatable bonds is 5. The zero-order valence-corrected chi connectivity index (χ0v) is 26.8. The van der Waals surface area contributed by atoms with E-state index in [-0.39, 0.29) is 87.2 Å². The maximum atomic E-state index is 13.7. The van der Waals surface area contributed by atoms with Crippen LogP contribution in [-0.4, -0.2) is 43.4 Å². The Morgan fingerprint density at radius 1 is 0.821 bits per heavy atom. The van der Waals surface area contributed by atoms with Crippen LogP contribution in [0.3, 0.4) is 0 Å². The van der Waals surface area contributed by atoms with Crippen LogP contribution in [0.15, 0.2) is 69.2 Å². The molecule has 0 amide bonds. The van der Waals surface area contributed by atoms with Gasteiger partial charge in [0.25, 0.3) is 5.56 Å². The molecule has 1 heterocycles. The van der Waals surface area contributed by atoms with Crippen molar-refractivity contribution >= 4 is 48.3 Å². The summed E-state index contributed by atoms with van der Waals surface area (Å²) in [6.07, 6.45) is 0. The van der Waals surface area contributed by atoms with E-state index in [1.807, 2.05) is 0 Å². The van der Waals surface area contributed by atoms with Crippen molar-refractivity contribution in [2.75, 3.05) is 12.4 Å². The van der Waals surface area contributed by atoms with E-state index in [0.717, 1.165) is 19.2 Å². The number of benzene rings is 3. The van der Waals surface area contributed by atoms with Gasteiger partial charge in [0, 0.05) is 24.1 Å². The Balaban J connectivity index is 0.00000210. The van der Waals surface area contributed by atoms with Crippen molar-refractivity contribution in [3.63, 3.8) is 0 Å². The Bertz CT molecular complexity index is 1900. The molecule has 1 N–H and O–H groups in total. The van der Waals surface area contributed by atoms with E-state index in [2.05, 4.69) is 5.32 Å². The zero-order valence-electron chi connectivity index (χ0n) is 21.1. The predicted molar refractivity (Wildman–Crippen MR) is 130 cm³/mol. The van der Waals surface area contributed by atoms with Crippen LogP contribution >= 0.6 is 0 Å². The fourth-order valence-corrected chi connectivity index (χ4v) is 5.90. The van der Waals surface area contributed by atoms with Crippen LogP contribution in [-0.2, 0) is 27.3 Å². The zero-order chi connectivity index (χ0) is 26.9. The molecule has 0 fully saturated rings. The first-order valence-electron chi connectivity index (χ1n) is 10.5. The largest absolute Gasteiger partial charge is 1.00 e. The maximum absolute atomic E-state index is 13.7. The number of aromatic nitrogens is 1. The average molecular weight is 587 g/mol. The molecule has 1 aromatic heterocycles. The number of fused-ring (bicyclic) bond motifs is 2. The maximum Gasteiger partial charge on any atom is 1.00 e. The van der Waals surface area contributed by atoms with Gasteiger partial charge in [-0.25, -0.2) is 16.8 Å². The minimum Gasteiger partial charge on any atom is -0.744 e. The normalized spacial score (nSPS) is 12.3. The number of ether oxygens (including phenoxy) is 1. The monoisotopic (exact) mass is 586 g/mol. The number of anilines is 2. The van der Waals surface area contributed by atoms with E-state index in [9.17, 15) is 35.5 Å². The van der Waals surface area contributed by atoms with Crippen molar-refractivity contribution in [1.82, 2.24) is 4.57 Å². The van der Waals surface area contributed by atoms with Crippen LogP contribution in [0.25, 0.3) is 22.0 Å². The molecule has 0 bridgehead atoms. The van der Waals surface area contributed by atoms with Crippen molar-refractivity contribution in [2.24, 2.45) is 7.05 Å². The van der Waals surface area contributed by atoms with Crippen LogP contribution in [0.5, 0.6) is 5.75 Å². The third-order valence-corrected chi connectivity index (χ3v) is 7.90. The molecule has 0 spiro atoms. The number of carbonyl (C=O) groups is 1. The second-order valence-corrected chi connectivity index (χ2v) is 10.9. The van der Waals surface area contributed by atoms with Gasteiger partial charge in [0.2, 0.25) is 0 Å². The van der Waals surface area contributed by atoms with Gasteiger partial charge in [-0.05, 0) is 35.4 Å². The Morgan fingerprint density at radius 3 is 1.92 bits per heavy atom. The number of carbonyl (C=O) groups excluding carboxylic acids is 1. The SMILES string of the molecule is COc1cc(S(=O)(=O)[O-])c(Nc2ccc3c4c(cc(=O)n3C)-c3ccccc3C(=O)c24)c(S(=O)(=O)[O-])c1.[Na+].[Na+]. The quantitative estimate of drug-likeness (QED) is 0.160. The summed E-state index contributed by atoms with van der Waals surface area (Å²) in [6, 6.07) is 12.3. The van der Waals surface area contributed by atoms with E-state index in [0.29, 0.717) is 22.0 Å². The summed E-state index contributed by atoms with van der Waals surface area (Å²) in [4.78, 5) is 24.2. The van der Waals surface area contributed by atoms with Crippen molar-refractivity contribution in [3.05, 3.63) is 76.1 Å². The summed E-state index contributed by atoms with van der Waals surface area (Å²) in [5.74, 6) is -0.849. The van der Waals surface area contributed by atoms with Gasteiger partial charge in [-0.15, -0.1) is 0 Å². The fourth-order valence-electron chi connectivity index (χ4n) is 4.49. The van der Waals surface area contributed by atoms with Crippen molar-refractivity contribution in [1.29, 1.82) is 0 Å². The minimum atomic E-state index is -5.33. The van der Waals surface area contributed by atoms with Gasteiger partial charge >= 0.3 is 59.1 Å². The first-order valence-corrected chi connectivity index (χ1v) is 13.4. The number of pyridine rings is 1. The van der Waals surface area contributed by atoms with Gasteiger partial charge in [-0.3, -0.25) is 9.59 Å². The molecule has 1 aliphatic carbocycles. The summed E-state index contributed by atoms with van der Waals surface area (Å²) >= 11 is 0. The van der Waals surface area contributed by atoms with Crippen molar-refractivity contribution < 1.29 is 94.6 Å². The fraction of sp³-hybridized carbons (Fsp3) is 0.0833. The molecule has 3 aromatic carbocycles. The molecule has 5 rings (SSSR count). The number of hydrogen-bond donors (Lipinski definition) is 1. The number of ketones is 1. The number of aryl methyl sites for hydroxylation is 1. The standard InChI is InChI=1S/C24H18N2O9S2.2Na/c1-26-17-8-7-16(22-21(17)15(11-20(26)27)13-5-3-4-6-14(13)24(22)28)25-23-18(36(29,30)31)9-12(35-2)10-19(23)37(32,33)34;;/h3-11,25H,1-2H3,(H,29,30,31)(H,32,33,34);;/q;2*+1/p-2. The van der Waals surface area contributed by atoms with Gasteiger partial charge in [-0.1, -0.05) is 24.3 Å². The van der Waals surface area contributed by atoms with Crippen LogP contribution in [0.2, 0.25) is 0 Å². The molecular weight excluding hydrogens is 570 g/mol. The molecule has 0 saturated heterocycles. The number of nitrogens with zero attached hydrogens (tertiary/aromatic N) is 1. The Labute approximate surface area is 267 Å². The predicted octanol–water partition coefficient (Wildman–Crippen LogP) is -3.68. The first-order chi connectivity index (χ1) is 17.3. The van der Waals surface area contributed by atoms with E-state index in [1.165, 1.54) is 29.8 Å². The third kappa shape index (κ3) is 5.36. The second-order valence-electron chi connectivity index (χ2n) is 8.24. The van der Waals surface area contributed by atoms with Gasteiger partial charge in [-0.2, -0.15) is 0 Å². The number of nitrogens with one attached hydrogen (secondary N) is 1. The van der Waals surface area contributed by atoms with Gasteiger partial charge < -0.3 is 23.7 Å². The van der Waals surface area contributed by atoms with Crippen molar-refractivity contribution in [3.8, 4) is 16.9 Å². The van der Waals surface area contributed by atoms with E-state index in [4.69, 9.17) is 4.74 Å². The molecule has 190 valence electrons. The molecule has 1 aliphatic rings. The van der Waals surface area contributed by atoms with E-state index >= 15 is 0 Å². The first kappa shape index (κ1) is 31.5. The number of hydrogen-bond acceptors (Lipinski definition) is 10. The summed E-state index contributed by atoms with van der Waals surface area (Å²) in [5, 5.41) is 2.90. The average Bonchev–Trinajstić information content (AvgIpc) is 2.84.